The summed E-state index contributed by atoms with van der Waals surface area (Å²) >= 11 is 0. The predicted molar refractivity (Wildman–Crippen MR) is 56.1 cm³/mol. The fourth-order valence-corrected chi connectivity index (χ4v) is 1.31. The van der Waals surface area contributed by atoms with Crippen LogP contribution in [0.15, 0.2) is 42.7 Å². The quantitative estimate of drug-likeness (QED) is 0.761. The standard InChI is InChI=1S/C12H8N2O/c13-6-9-5-11(8-14-7-9)10-1-3-12(15)4-2-10/h1-5,7-8,15H. The highest BCUT2D eigenvalue weighted by molar-refractivity contribution is 5.64. The Labute approximate surface area is 87.3 Å². The molecule has 0 amide bonds. The molecule has 0 saturated heterocycles. The van der Waals surface area contributed by atoms with Crippen molar-refractivity contribution in [3.8, 4) is 22.9 Å². The summed E-state index contributed by atoms with van der Waals surface area (Å²) in [5.41, 5.74) is 2.33. The molecule has 0 aliphatic carbocycles. The van der Waals surface area contributed by atoms with Gasteiger partial charge in [-0.25, -0.2) is 0 Å². The van der Waals surface area contributed by atoms with E-state index in [4.69, 9.17) is 10.4 Å². The molecular weight excluding hydrogens is 188 g/mol. The summed E-state index contributed by atoms with van der Waals surface area (Å²) in [6, 6.07) is 10.6. The monoisotopic (exact) mass is 196 g/mol. The zero-order valence-electron chi connectivity index (χ0n) is 7.88. The van der Waals surface area contributed by atoms with Gasteiger partial charge in [0.2, 0.25) is 0 Å². The Morgan fingerprint density at radius 3 is 2.47 bits per heavy atom. The number of phenols is 1. The molecule has 0 fully saturated rings. The molecule has 2 rings (SSSR count). The van der Waals surface area contributed by atoms with Crippen LogP contribution in [-0.2, 0) is 0 Å². The second kappa shape index (κ2) is 3.81. The molecule has 0 atom stereocenters. The zero-order valence-corrected chi connectivity index (χ0v) is 7.88. The Bertz CT molecular complexity index is 512. The maximum absolute atomic E-state index is 9.14. The molecule has 0 aliphatic heterocycles. The first-order valence-electron chi connectivity index (χ1n) is 4.44. The molecule has 1 aromatic heterocycles. The molecule has 0 unspecified atom stereocenters. The van der Waals surface area contributed by atoms with Gasteiger partial charge in [-0.1, -0.05) is 12.1 Å². The van der Waals surface area contributed by atoms with E-state index in [2.05, 4.69) is 4.98 Å². The van der Waals surface area contributed by atoms with Crippen LogP contribution in [0.1, 0.15) is 5.56 Å². The topological polar surface area (TPSA) is 56.9 Å². The van der Waals surface area contributed by atoms with Gasteiger partial charge in [0.05, 0.1) is 5.56 Å². The van der Waals surface area contributed by atoms with Crippen LogP contribution >= 0.6 is 0 Å². The van der Waals surface area contributed by atoms with Gasteiger partial charge in [0.1, 0.15) is 11.8 Å². The van der Waals surface area contributed by atoms with Crippen molar-refractivity contribution < 1.29 is 5.11 Å². The van der Waals surface area contributed by atoms with Gasteiger partial charge in [-0.3, -0.25) is 4.98 Å². The van der Waals surface area contributed by atoms with E-state index in [-0.39, 0.29) is 5.75 Å². The van der Waals surface area contributed by atoms with Gasteiger partial charge >= 0.3 is 0 Å². The van der Waals surface area contributed by atoms with Gasteiger partial charge in [0, 0.05) is 18.0 Å². The van der Waals surface area contributed by atoms with Crippen LogP contribution in [0.3, 0.4) is 0 Å². The van der Waals surface area contributed by atoms with Crippen molar-refractivity contribution >= 4 is 0 Å². The second-order valence-corrected chi connectivity index (χ2v) is 3.12. The minimum Gasteiger partial charge on any atom is -0.508 e. The molecule has 3 heteroatoms. The smallest absolute Gasteiger partial charge is 0.115 e. The summed E-state index contributed by atoms with van der Waals surface area (Å²) in [5, 5.41) is 17.9. The lowest BCUT2D eigenvalue weighted by molar-refractivity contribution is 0.475. The Morgan fingerprint density at radius 1 is 1.07 bits per heavy atom. The van der Waals surface area contributed by atoms with Gasteiger partial charge in [-0.15, -0.1) is 0 Å². The number of nitriles is 1. The molecule has 0 saturated carbocycles. The summed E-state index contributed by atoms with van der Waals surface area (Å²) in [6.07, 6.45) is 3.21. The zero-order chi connectivity index (χ0) is 10.7. The fourth-order valence-electron chi connectivity index (χ4n) is 1.31. The van der Waals surface area contributed by atoms with Crippen molar-refractivity contribution in [3.05, 3.63) is 48.3 Å². The van der Waals surface area contributed by atoms with Gasteiger partial charge in [0.25, 0.3) is 0 Å². The molecule has 1 heterocycles. The van der Waals surface area contributed by atoms with E-state index in [1.807, 2.05) is 6.07 Å². The minimum absolute atomic E-state index is 0.225. The summed E-state index contributed by atoms with van der Waals surface area (Å²) in [5.74, 6) is 0.225. The highest BCUT2D eigenvalue weighted by atomic mass is 16.3. The number of rotatable bonds is 1. The van der Waals surface area contributed by atoms with Crippen molar-refractivity contribution in [2.75, 3.05) is 0 Å². The highest BCUT2D eigenvalue weighted by Crippen LogP contribution is 2.21. The average molecular weight is 196 g/mol. The molecule has 3 nitrogen and oxygen atoms in total. The lowest BCUT2D eigenvalue weighted by atomic mass is 10.1. The number of benzene rings is 1. The van der Waals surface area contributed by atoms with Crippen LogP contribution < -0.4 is 0 Å². The number of pyridine rings is 1. The van der Waals surface area contributed by atoms with Crippen molar-refractivity contribution in [2.45, 2.75) is 0 Å². The Balaban J connectivity index is 2.46. The second-order valence-electron chi connectivity index (χ2n) is 3.12. The molecule has 0 radical (unpaired) electrons. The van der Waals surface area contributed by atoms with Crippen molar-refractivity contribution in [3.63, 3.8) is 0 Å². The van der Waals surface area contributed by atoms with Crippen LogP contribution in [0, 0.1) is 11.3 Å². The van der Waals surface area contributed by atoms with Crippen LogP contribution in [0.4, 0.5) is 0 Å². The Hall–Kier alpha value is -2.34. The van der Waals surface area contributed by atoms with Crippen LogP contribution in [0.2, 0.25) is 0 Å². The third-order valence-electron chi connectivity index (χ3n) is 2.07. The number of aromatic nitrogens is 1. The lowest BCUT2D eigenvalue weighted by Crippen LogP contribution is -1.82. The SMILES string of the molecule is N#Cc1cncc(-c2ccc(O)cc2)c1. The molecule has 1 aromatic carbocycles. The van der Waals surface area contributed by atoms with Crippen LogP contribution in [-0.4, -0.2) is 10.1 Å². The van der Waals surface area contributed by atoms with Crippen molar-refractivity contribution in [1.82, 2.24) is 4.98 Å². The van der Waals surface area contributed by atoms with E-state index in [0.717, 1.165) is 11.1 Å². The van der Waals surface area contributed by atoms with Gasteiger partial charge in [-0.05, 0) is 23.8 Å². The predicted octanol–water partition coefficient (Wildman–Crippen LogP) is 2.33. The van der Waals surface area contributed by atoms with Gasteiger partial charge in [-0.2, -0.15) is 5.26 Å². The van der Waals surface area contributed by atoms with Gasteiger partial charge < -0.3 is 5.11 Å². The van der Waals surface area contributed by atoms with E-state index in [1.165, 1.54) is 6.20 Å². The van der Waals surface area contributed by atoms with Crippen molar-refractivity contribution in [2.24, 2.45) is 0 Å². The maximum atomic E-state index is 9.14. The molecule has 2 aromatic rings. The minimum atomic E-state index is 0.225. The van der Waals surface area contributed by atoms with Gasteiger partial charge in [0.15, 0.2) is 0 Å². The van der Waals surface area contributed by atoms with E-state index in [9.17, 15) is 0 Å². The molecule has 15 heavy (non-hydrogen) atoms. The summed E-state index contributed by atoms with van der Waals surface area (Å²) in [7, 11) is 0. The maximum Gasteiger partial charge on any atom is 0.115 e. The summed E-state index contributed by atoms with van der Waals surface area (Å²) in [4.78, 5) is 3.97. The van der Waals surface area contributed by atoms with E-state index in [0.29, 0.717) is 5.56 Å². The number of aromatic hydroxyl groups is 1. The van der Waals surface area contributed by atoms with E-state index >= 15 is 0 Å². The van der Waals surface area contributed by atoms with E-state index in [1.54, 1.807) is 36.5 Å². The fraction of sp³-hybridized carbons (Fsp3) is 0. The number of nitrogens with zero attached hydrogens (tertiary/aromatic N) is 2. The summed E-state index contributed by atoms with van der Waals surface area (Å²) in [6.45, 7) is 0. The first kappa shape index (κ1) is 9.22. The van der Waals surface area contributed by atoms with Crippen LogP contribution in [0.25, 0.3) is 11.1 Å². The number of phenolic OH excluding ortho intramolecular Hbond substituents is 1. The molecular formula is C12H8N2O. The molecule has 0 spiro atoms. The third-order valence-corrected chi connectivity index (χ3v) is 2.07. The number of hydrogen-bond donors (Lipinski definition) is 1. The molecule has 0 bridgehead atoms. The first-order valence-corrected chi connectivity index (χ1v) is 4.44. The Kier molecular flexibility index (Phi) is 2.34. The number of hydrogen-bond acceptors (Lipinski definition) is 3. The lowest BCUT2D eigenvalue weighted by Gasteiger charge is -2.01. The first-order chi connectivity index (χ1) is 7.29. The van der Waals surface area contributed by atoms with Crippen LogP contribution in [0.5, 0.6) is 5.75 Å². The third kappa shape index (κ3) is 1.94. The molecule has 72 valence electrons. The molecule has 1 N–H and O–H groups in total. The molecule has 0 aliphatic rings. The normalized spacial score (nSPS) is 9.53. The summed E-state index contributed by atoms with van der Waals surface area (Å²) < 4.78 is 0. The van der Waals surface area contributed by atoms with E-state index < -0.39 is 0 Å². The highest BCUT2D eigenvalue weighted by Gasteiger charge is 1.99. The average Bonchev–Trinajstić information content (AvgIpc) is 2.30. The largest absolute Gasteiger partial charge is 0.508 e. The Morgan fingerprint density at radius 2 is 1.80 bits per heavy atom. The van der Waals surface area contributed by atoms with Crippen molar-refractivity contribution in [1.29, 1.82) is 5.26 Å².